The Kier molecular flexibility index (Phi) is 5.14. The molecule has 1 aromatic carbocycles. The van der Waals surface area contributed by atoms with Gasteiger partial charge in [-0.25, -0.2) is 8.96 Å². The molecule has 3 aromatic heterocycles. The van der Waals surface area contributed by atoms with Gasteiger partial charge in [0.25, 0.3) is 5.56 Å². The predicted octanol–water partition coefficient (Wildman–Crippen LogP) is 5.38. The first-order chi connectivity index (χ1) is 14.9. The minimum absolute atomic E-state index is 0.0642. The number of halogens is 1. The second-order valence-corrected chi connectivity index (χ2v) is 9.63. The van der Waals surface area contributed by atoms with Crippen LogP contribution < -0.4 is 5.56 Å². The van der Waals surface area contributed by atoms with Crippen molar-refractivity contribution in [3.8, 4) is 5.69 Å². The lowest BCUT2D eigenvalue weighted by Crippen LogP contribution is -2.22. The van der Waals surface area contributed by atoms with E-state index in [1.54, 1.807) is 28.0 Å². The van der Waals surface area contributed by atoms with Gasteiger partial charge in [0.05, 0.1) is 29.0 Å². The predicted molar refractivity (Wildman–Crippen MR) is 125 cm³/mol. The summed E-state index contributed by atoms with van der Waals surface area (Å²) in [5.74, 6) is -0.265. The first-order valence-electron chi connectivity index (χ1n) is 10.5. The second-order valence-electron chi connectivity index (χ2n) is 8.14. The van der Waals surface area contributed by atoms with Crippen LogP contribution in [0.15, 0.2) is 29.1 Å². The van der Waals surface area contributed by atoms with E-state index in [9.17, 15) is 9.18 Å². The van der Waals surface area contributed by atoms with Gasteiger partial charge in [0.15, 0.2) is 4.77 Å². The molecule has 5 nitrogen and oxygen atoms in total. The fourth-order valence-electron chi connectivity index (χ4n) is 4.54. The number of aromatic amines is 1. The number of thiophene rings is 1. The van der Waals surface area contributed by atoms with Crippen molar-refractivity contribution >= 4 is 33.8 Å². The molecule has 3 heterocycles. The summed E-state index contributed by atoms with van der Waals surface area (Å²) in [4.78, 5) is 19.2. The summed E-state index contributed by atoms with van der Waals surface area (Å²) >= 11 is 7.30. The highest BCUT2D eigenvalue weighted by molar-refractivity contribution is 7.71. The topological polar surface area (TPSA) is 55.6 Å². The van der Waals surface area contributed by atoms with Crippen LogP contribution in [0.1, 0.15) is 46.7 Å². The Morgan fingerprint density at radius 1 is 1.16 bits per heavy atom. The van der Waals surface area contributed by atoms with Gasteiger partial charge >= 0.3 is 0 Å². The van der Waals surface area contributed by atoms with Gasteiger partial charge in [0.1, 0.15) is 10.6 Å². The third-order valence-electron chi connectivity index (χ3n) is 6.07. The summed E-state index contributed by atoms with van der Waals surface area (Å²) in [5, 5.41) is 5.44. The maximum atomic E-state index is 13.7. The Morgan fingerprint density at radius 3 is 2.68 bits per heavy atom. The van der Waals surface area contributed by atoms with Crippen LogP contribution in [0.5, 0.6) is 0 Å². The van der Waals surface area contributed by atoms with Crippen molar-refractivity contribution in [3.05, 3.63) is 72.6 Å². The molecule has 1 N–H and O–H groups in total. The number of nitrogens with zero attached hydrogens (tertiary/aromatic N) is 3. The quantitative estimate of drug-likeness (QED) is 0.334. The van der Waals surface area contributed by atoms with Crippen LogP contribution in [0.2, 0.25) is 0 Å². The Morgan fingerprint density at radius 2 is 1.90 bits per heavy atom. The van der Waals surface area contributed by atoms with Crippen molar-refractivity contribution in [1.29, 1.82) is 0 Å². The molecule has 4 aromatic rings. The van der Waals surface area contributed by atoms with Gasteiger partial charge in [-0.1, -0.05) is 18.6 Å². The molecule has 0 radical (unpaired) electrons. The molecule has 0 amide bonds. The lowest BCUT2D eigenvalue weighted by molar-refractivity contribution is 0.622. The number of aromatic nitrogens is 4. The van der Waals surface area contributed by atoms with Crippen molar-refractivity contribution in [1.82, 2.24) is 19.3 Å². The molecule has 1 aliphatic carbocycles. The van der Waals surface area contributed by atoms with Crippen LogP contribution in [-0.2, 0) is 19.4 Å². The van der Waals surface area contributed by atoms with Gasteiger partial charge in [-0.2, -0.15) is 5.10 Å². The Labute approximate surface area is 188 Å². The molecule has 8 heteroatoms. The number of hydrogen-bond donors (Lipinski definition) is 1. The molecular weight excluding hydrogens is 431 g/mol. The van der Waals surface area contributed by atoms with Crippen molar-refractivity contribution < 1.29 is 4.39 Å². The highest BCUT2D eigenvalue weighted by Crippen LogP contribution is 2.33. The molecule has 5 rings (SSSR count). The molecule has 0 saturated carbocycles. The lowest BCUT2D eigenvalue weighted by Gasteiger charge is -2.09. The van der Waals surface area contributed by atoms with E-state index in [1.807, 2.05) is 18.5 Å². The van der Waals surface area contributed by atoms with E-state index in [1.165, 1.54) is 35.4 Å². The SMILES string of the molecule is Cc1nn(Cc2ccc(F)cc2)c(C)c1-n1c(=S)[nH]c2sc3c(c2c1=O)CCCCC3. The van der Waals surface area contributed by atoms with Crippen molar-refractivity contribution in [2.75, 3.05) is 0 Å². The van der Waals surface area contributed by atoms with Gasteiger partial charge in [-0.05, 0) is 75.0 Å². The van der Waals surface area contributed by atoms with Crippen LogP contribution in [0.4, 0.5) is 4.39 Å². The van der Waals surface area contributed by atoms with Crippen molar-refractivity contribution in [3.63, 3.8) is 0 Å². The minimum Gasteiger partial charge on any atom is -0.323 e. The fourth-order valence-corrected chi connectivity index (χ4v) is 6.17. The molecule has 0 aliphatic heterocycles. The average molecular weight is 455 g/mol. The van der Waals surface area contributed by atoms with Gasteiger partial charge in [-0.15, -0.1) is 11.3 Å². The Balaban J connectivity index is 1.66. The molecule has 0 unspecified atom stereocenters. The first-order valence-corrected chi connectivity index (χ1v) is 11.7. The maximum absolute atomic E-state index is 13.7. The Hall–Kier alpha value is -2.58. The van der Waals surface area contributed by atoms with Crippen molar-refractivity contribution in [2.45, 2.75) is 52.5 Å². The molecule has 0 spiro atoms. The van der Waals surface area contributed by atoms with Crippen molar-refractivity contribution in [2.24, 2.45) is 0 Å². The van der Waals surface area contributed by atoms with E-state index >= 15 is 0 Å². The number of rotatable bonds is 3. The summed E-state index contributed by atoms with van der Waals surface area (Å²) < 4.78 is 17.1. The van der Waals surface area contributed by atoms with Crippen LogP contribution in [0, 0.1) is 24.4 Å². The van der Waals surface area contributed by atoms with Gasteiger partial charge < -0.3 is 4.98 Å². The Bertz CT molecular complexity index is 1410. The van der Waals surface area contributed by atoms with E-state index in [2.05, 4.69) is 10.1 Å². The van der Waals surface area contributed by atoms with Crippen LogP contribution in [0.25, 0.3) is 15.9 Å². The van der Waals surface area contributed by atoms with E-state index in [-0.39, 0.29) is 11.4 Å². The third-order valence-corrected chi connectivity index (χ3v) is 7.57. The summed E-state index contributed by atoms with van der Waals surface area (Å²) in [5.41, 5.74) is 4.38. The van der Waals surface area contributed by atoms with Gasteiger partial charge in [0, 0.05) is 4.88 Å². The standard InChI is InChI=1S/C23H23FN4OS2/c1-13-20(14(2)27(26-13)12-15-8-10-16(24)11-9-15)28-22(29)19-17-6-4-3-5-7-18(17)31-21(19)25-23(28)30/h8-11H,3-7,12H2,1-2H3,(H,25,30). The zero-order chi connectivity index (χ0) is 21.7. The molecular formula is C23H23FN4OS2. The van der Waals surface area contributed by atoms with Gasteiger partial charge in [-0.3, -0.25) is 9.48 Å². The van der Waals surface area contributed by atoms with E-state index < -0.39 is 0 Å². The number of benzene rings is 1. The highest BCUT2D eigenvalue weighted by atomic mass is 32.1. The third kappa shape index (κ3) is 3.47. The number of nitrogens with one attached hydrogen (secondary N) is 1. The smallest absolute Gasteiger partial charge is 0.268 e. The summed E-state index contributed by atoms with van der Waals surface area (Å²) in [7, 11) is 0. The number of hydrogen-bond acceptors (Lipinski definition) is 4. The monoisotopic (exact) mass is 454 g/mol. The summed E-state index contributed by atoms with van der Waals surface area (Å²) in [6, 6.07) is 6.38. The largest absolute Gasteiger partial charge is 0.323 e. The minimum atomic E-state index is -0.265. The van der Waals surface area contributed by atoms with E-state index in [0.717, 1.165) is 52.1 Å². The average Bonchev–Trinajstić information content (AvgIpc) is 3.10. The number of H-pyrrole nitrogens is 1. The zero-order valence-electron chi connectivity index (χ0n) is 17.5. The second kappa shape index (κ2) is 7.84. The summed E-state index contributed by atoms with van der Waals surface area (Å²) in [6.07, 6.45) is 5.46. The molecule has 0 atom stereocenters. The van der Waals surface area contributed by atoms with Crippen LogP contribution in [0.3, 0.4) is 0 Å². The molecule has 0 bridgehead atoms. The summed E-state index contributed by atoms with van der Waals surface area (Å²) in [6.45, 7) is 4.33. The molecule has 31 heavy (non-hydrogen) atoms. The van der Waals surface area contributed by atoms with Crippen LogP contribution >= 0.6 is 23.6 Å². The molecule has 0 fully saturated rings. The fraction of sp³-hybridized carbons (Fsp3) is 0.348. The lowest BCUT2D eigenvalue weighted by atomic mass is 10.1. The van der Waals surface area contributed by atoms with Gasteiger partial charge in [0.2, 0.25) is 0 Å². The molecule has 1 aliphatic rings. The molecule has 160 valence electrons. The number of fused-ring (bicyclic) bond motifs is 3. The maximum Gasteiger partial charge on any atom is 0.268 e. The zero-order valence-corrected chi connectivity index (χ0v) is 19.1. The normalized spacial score (nSPS) is 14.0. The first kappa shape index (κ1) is 20.3. The van der Waals surface area contributed by atoms with Crippen LogP contribution in [-0.4, -0.2) is 19.3 Å². The number of aryl methyl sites for hydroxylation is 3. The van der Waals surface area contributed by atoms with E-state index in [0.29, 0.717) is 11.3 Å². The molecule has 0 saturated heterocycles. The van der Waals surface area contributed by atoms with E-state index in [4.69, 9.17) is 12.2 Å². The highest BCUT2D eigenvalue weighted by Gasteiger charge is 2.22.